The summed E-state index contributed by atoms with van der Waals surface area (Å²) >= 11 is 5.80. The monoisotopic (exact) mass is 186 g/mol. The van der Waals surface area contributed by atoms with Gasteiger partial charge >= 0.3 is 0 Å². The van der Waals surface area contributed by atoms with Crippen molar-refractivity contribution in [3.8, 4) is 0 Å². The first-order chi connectivity index (χ1) is 5.41. The zero-order valence-corrected chi connectivity index (χ0v) is 8.07. The molecule has 4 heteroatoms. The molecule has 1 aromatic rings. The molecular formula is C8H11ClN2O. The smallest absolute Gasteiger partial charge is 0.264 e. The van der Waals surface area contributed by atoms with Crippen molar-refractivity contribution in [1.82, 2.24) is 10.2 Å². The van der Waals surface area contributed by atoms with Gasteiger partial charge in [-0.2, -0.15) is 5.10 Å². The Morgan fingerprint density at radius 2 is 2.08 bits per heavy atom. The van der Waals surface area contributed by atoms with Crippen LogP contribution in [-0.2, 0) is 5.41 Å². The molecule has 0 fully saturated rings. The highest BCUT2D eigenvalue weighted by Crippen LogP contribution is 2.25. The fourth-order valence-electron chi connectivity index (χ4n) is 0.913. The second-order valence-electron chi connectivity index (χ2n) is 3.69. The van der Waals surface area contributed by atoms with Crippen molar-refractivity contribution in [1.29, 1.82) is 0 Å². The first kappa shape index (κ1) is 9.26. The maximum absolute atomic E-state index is 10.9. The summed E-state index contributed by atoms with van der Waals surface area (Å²) < 4.78 is 0. The van der Waals surface area contributed by atoms with Gasteiger partial charge in [0.05, 0.1) is 0 Å². The standard InChI is InChI=1S/C8H11ClN2O/c1-8(2,3)5-4-6(12)10-11-7(5)9/h4H,1-3H3,(H,10,12). The summed E-state index contributed by atoms with van der Waals surface area (Å²) in [5.41, 5.74) is 0.412. The molecule has 0 saturated heterocycles. The van der Waals surface area contributed by atoms with Crippen LogP contribution in [0, 0.1) is 0 Å². The highest BCUT2D eigenvalue weighted by Gasteiger charge is 2.18. The Morgan fingerprint density at radius 1 is 1.50 bits per heavy atom. The summed E-state index contributed by atoms with van der Waals surface area (Å²) in [5.74, 6) is 0. The number of hydrogen-bond acceptors (Lipinski definition) is 2. The lowest BCUT2D eigenvalue weighted by Gasteiger charge is -2.18. The van der Waals surface area contributed by atoms with E-state index in [1.165, 1.54) is 6.07 Å². The molecule has 0 aliphatic rings. The van der Waals surface area contributed by atoms with Crippen molar-refractivity contribution in [2.75, 3.05) is 0 Å². The predicted octanol–water partition coefficient (Wildman–Crippen LogP) is 1.72. The maximum atomic E-state index is 10.9. The van der Waals surface area contributed by atoms with Crippen LogP contribution in [0.15, 0.2) is 10.9 Å². The van der Waals surface area contributed by atoms with Crippen LogP contribution in [0.1, 0.15) is 26.3 Å². The number of halogens is 1. The Morgan fingerprint density at radius 3 is 2.50 bits per heavy atom. The molecule has 0 bridgehead atoms. The Kier molecular flexibility index (Phi) is 2.24. The van der Waals surface area contributed by atoms with Gasteiger partial charge in [-0.1, -0.05) is 32.4 Å². The lowest BCUT2D eigenvalue weighted by Crippen LogP contribution is -2.18. The lowest BCUT2D eigenvalue weighted by molar-refractivity contribution is 0.583. The van der Waals surface area contributed by atoms with Crippen molar-refractivity contribution < 1.29 is 0 Å². The zero-order chi connectivity index (χ0) is 9.35. The van der Waals surface area contributed by atoms with E-state index in [9.17, 15) is 4.79 Å². The molecule has 0 aromatic carbocycles. The third-order valence-electron chi connectivity index (χ3n) is 1.57. The van der Waals surface area contributed by atoms with Crippen molar-refractivity contribution in [2.45, 2.75) is 26.2 Å². The van der Waals surface area contributed by atoms with E-state index < -0.39 is 0 Å². The van der Waals surface area contributed by atoms with Crippen molar-refractivity contribution in [3.63, 3.8) is 0 Å². The largest absolute Gasteiger partial charge is 0.268 e. The molecule has 0 unspecified atom stereocenters. The molecule has 1 heterocycles. The van der Waals surface area contributed by atoms with Crippen LogP contribution in [0.4, 0.5) is 0 Å². The highest BCUT2D eigenvalue weighted by molar-refractivity contribution is 6.30. The molecule has 1 rings (SSSR count). The molecule has 3 nitrogen and oxygen atoms in total. The van der Waals surface area contributed by atoms with Gasteiger partial charge in [-0.05, 0) is 5.41 Å². The van der Waals surface area contributed by atoms with E-state index in [0.29, 0.717) is 5.15 Å². The van der Waals surface area contributed by atoms with Crippen LogP contribution < -0.4 is 5.56 Å². The van der Waals surface area contributed by atoms with Gasteiger partial charge in [0.2, 0.25) is 0 Å². The third kappa shape index (κ3) is 1.85. The summed E-state index contributed by atoms with van der Waals surface area (Å²) in [6, 6.07) is 1.48. The summed E-state index contributed by atoms with van der Waals surface area (Å²) in [6.07, 6.45) is 0. The molecular weight excluding hydrogens is 176 g/mol. The van der Waals surface area contributed by atoms with Crippen LogP contribution in [-0.4, -0.2) is 10.2 Å². The van der Waals surface area contributed by atoms with Gasteiger partial charge in [0.15, 0.2) is 5.15 Å². The molecule has 0 amide bonds. The van der Waals surface area contributed by atoms with Crippen molar-refractivity contribution in [2.24, 2.45) is 0 Å². The minimum atomic E-state index is -0.218. The fraction of sp³-hybridized carbons (Fsp3) is 0.500. The molecule has 0 saturated carbocycles. The first-order valence-electron chi connectivity index (χ1n) is 3.67. The molecule has 0 atom stereocenters. The predicted molar refractivity (Wildman–Crippen MR) is 48.6 cm³/mol. The summed E-state index contributed by atoms with van der Waals surface area (Å²) in [6.45, 7) is 5.94. The third-order valence-corrected chi connectivity index (χ3v) is 1.86. The summed E-state index contributed by atoms with van der Waals surface area (Å²) in [5, 5.41) is 6.31. The van der Waals surface area contributed by atoms with E-state index in [1.54, 1.807) is 0 Å². The van der Waals surface area contributed by atoms with Crippen LogP contribution in [0.3, 0.4) is 0 Å². The molecule has 0 aliphatic heterocycles. The van der Waals surface area contributed by atoms with Gasteiger partial charge < -0.3 is 0 Å². The number of aromatic nitrogens is 2. The molecule has 0 radical (unpaired) electrons. The number of H-pyrrole nitrogens is 1. The number of hydrogen-bond donors (Lipinski definition) is 1. The van der Waals surface area contributed by atoms with E-state index in [4.69, 9.17) is 11.6 Å². The van der Waals surface area contributed by atoms with Gasteiger partial charge in [-0.15, -0.1) is 0 Å². The van der Waals surface area contributed by atoms with Crippen LogP contribution in [0.25, 0.3) is 0 Å². The highest BCUT2D eigenvalue weighted by atomic mass is 35.5. The number of nitrogens with zero attached hydrogens (tertiary/aromatic N) is 1. The Hall–Kier alpha value is -0.830. The normalized spacial score (nSPS) is 11.7. The number of aromatic amines is 1. The second kappa shape index (κ2) is 2.90. The quantitative estimate of drug-likeness (QED) is 0.671. The molecule has 0 spiro atoms. The van der Waals surface area contributed by atoms with Gasteiger partial charge in [0, 0.05) is 11.6 Å². The Labute approximate surface area is 75.8 Å². The fourth-order valence-corrected chi connectivity index (χ4v) is 1.29. The minimum Gasteiger partial charge on any atom is -0.268 e. The van der Waals surface area contributed by atoms with Gasteiger partial charge in [-0.3, -0.25) is 4.79 Å². The van der Waals surface area contributed by atoms with Gasteiger partial charge in [0.25, 0.3) is 5.56 Å². The van der Waals surface area contributed by atoms with Gasteiger partial charge in [0.1, 0.15) is 0 Å². The Bertz CT molecular complexity index is 338. The number of rotatable bonds is 0. The van der Waals surface area contributed by atoms with E-state index in [1.807, 2.05) is 20.8 Å². The van der Waals surface area contributed by atoms with Crippen molar-refractivity contribution in [3.05, 3.63) is 27.1 Å². The van der Waals surface area contributed by atoms with Crippen molar-refractivity contribution >= 4 is 11.6 Å². The van der Waals surface area contributed by atoms with E-state index in [2.05, 4.69) is 10.2 Å². The Balaban J connectivity index is 3.33. The summed E-state index contributed by atoms with van der Waals surface area (Å²) in [7, 11) is 0. The lowest BCUT2D eigenvalue weighted by atomic mass is 9.89. The van der Waals surface area contributed by atoms with Gasteiger partial charge in [-0.25, -0.2) is 5.10 Å². The average Bonchev–Trinajstić information content (AvgIpc) is 1.92. The van der Waals surface area contributed by atoms with Crippen LogP contribution >= 0.6 is 11.6 Å². The van der Waals surface area contributed by atoms with Crippen LogP contribution in [0.5, 0.6) is 0 Å². The molecule has 0 aliphatic carbocycles. The van der Waals surface area contributed by atoms with E-state index in [-0.39, 0.29) is 11.0 Å². The maximum Gasteiger partial charge on any atom is 0.264 e. The molecule has 1 aromatic heterocycles. The molecule has 66 valence electrons. The average molecular weight is 187 g/mol. The van der Waals surface area contributed by atoms with Crippen LogP contribution in [0.2, 0.25) is 5.15 Å². The molecule has 1 N–H and O–H groups in total. The second-order valence-corrected chi connectivity index (χ2v) is 4.04. The first-order valence-corrected chi connectivity index (χ1v) is 4.05. The minimum absolute atomic E-state index is 0.141. The zero-order valence-electron chi connectivity index (χ0n) is 7.31. The molecule has 12 heavy (non-hydrogen) atoms. The summed E-state index contributed by atoms with van der Waals surface area (Å²) in [4.78, 5) is 10.9. The topological polar surface area (TPSA) is 45.8 Å². The number of nitrogens with one attached hydrogen (secondary N) is 1. The van der Waals surface area contributed by atoms with E-state index in [0.717, 1.165) is 5.56 Å². The SMILES string of the molecule is CC(C)(C)c1cc(=O)[nH]nc1Cl. The van der Waals surface area contributed by atoms with E-state index >= 15 is 0 Å².